The summed E-state index contributed by atoms with van der Waals surface area (Å²) in [6.07, 6.45) is 3.92. The van der Waals surface area contributed by atoms with Crippen molar-refractivity contribution in [2.24, 2.45) is 0 Å². The molecule has 0 saturated carbocycles. The van der Waals surface area contributed by atoms with Gasteiger partial charge in [0.25, 0.3) is 5.91 Å². The first-order valence-electron chi connectivity index (χ1n) is 7.22. The Bertz CT molecular complexity index is 504. The van der Waals surface area contributed by atoms with E-state index in [9.17, 15) is 4.79 Å². The second-order valence-electron chi connectivity index (χ2n) is 5.25. The number of hydrogen-bond donors (Lipinski definition) is 0. The number of piperidine rings is 1. The minimum Gasteiger partial charge on any atom is -0.372 e. The summed E-state index contributed by atoms with van der Waals surface area (Å²) in [4.78, 5) is 15.7. The van der Waals surface area contributed by atoms with Gasteiger partial charge in [-0.25, -0.2) is 0 Å². The lowest BCUT2D eigenvalue weighted by Gasteiger charge is -2.29. The lowest BCUT2D eigenvalue weighted by atomic mass is 10.1. The fourth-order valence-electron chi connectivity index (χ4n) is 2.51. The van der Waals surface area contributed by atoms with E-state index in [-0.39, 0.29) is 5.91 Å². The highest BCUT2D eigenvalue weighted by Crippen LogP contribution is 2.20. The van der Waals surface area contributed by atoms with Crippen LogP contribution in [0, 0.1) is 11.8 Å². The molecular formula is C17H22N2O. The third-order valence-corrected chi connectivity index (χ3v) is 3.66. The van der Waals surface area contributed by atoms with E-state index in [1.807, 2.05) is 0 Å². The van der Waals surface area contributed by atoms with Gasteiger partial charge in [0, 0.05) is 32.4 Å². The monoisotopic (exact) mass is 270 g/mol. The molecule has 1 fully saturated rings. The molecule has 0 bridgehead atoms. The molecule has 3 nitrogen and oxygen atoms in total. The van der Waals surface area contributed by atoms with Crippen LogP contribution in [-0.4, -0.2) is 30.9 Å². The summed E-state index contributed by atoms with van der Waals surface area (Å²) < 4.78 is 0. The molecule has 2 rings (SSSR count). The summed E-state index contributed by atoms with van der Waals surface area (Å²) in [5.41, 5.74) is 2.43. The van der Waals surface area contributed by atoms with Crippen LogP contribution in [0.15, 0.2) is 24.3 Å². The average molecular weight is 270 g/mol. The van der Waals surface area contributed by atoms with Gasteiger partial charge in [-0.3, -0.25) is 4.79 Å². The molecule has 106 valence electrons. The highest BCUT2D eigenvalue weighted by molar-refractivity contribution is 5.93. The molecule has 0 aromatic heterocycles. The van der Waals surface area contributed by atoms with Gasteiger partial charge in [0.1, 0.15) is 0 Å². The summed E-state index contributed by atoms with van der Waals surface area (Å²) in [5.74, 6) is 5.06. The molecule has 0 aliphatic carbocycles. The van der Waals surface area contributed by atoms with Crippen molar-refractivity contribution in [2.75, 3.05) is 25.0 Å². The van der Waals surface area contributed by atoms with E-state index < -0.39 is 0 Å². The zero-order valence-electron chi connectivity index (χ0n) is 12.4. The van der Waals surface area contributed by atoms with Crippen molar-refractivity contribution in [2.45, 2.75) is 32.7 Å². The molecule has 0 spiro atoms. The molecule has 1 saturated heterocycles. The van der Waals surface area contributed by atoms with Crippen LogP contribution in [0.2, 0.25) is 0 Å². The van der Waals surface area contributed by atoms with E-state index >= 15 is 0 Å². The first-order chi connectivity index (χ1) is 9.70. The quantitative estimate of drug-likeness (QED) is 0.788. The van der Waals surface area contributed by atoms with Crippen molar-refractivity contribution < 1.29 is 4.79 Å². The Kier molecular flexibility index (Phi) is 5.06. The maximum absolute atomic E-state index is 11.6. The molecule has 3 heteroatoms. The van der Waals surface area contributed by atoms with Crippen molar-refractivity contribution in [3.8, 4) is 11.8 Å². The maximum Gasteiger partial charge on any atom is 0.298 e. The highest BCUT2D eigenvalue weighted by Gasteiger charge is 2.11. The summed E-state index contributed by atoms with van der Waals surface area (Å²) in [6, 6.07) is 8.52. The van der Waals surface area contributed by atoms with Crippen molar-refractivity contribution in [3.63, 3.8) is 0 Å². The van der Waals surface area contributed by atoms with Crippen LogP contribution < -0.4 is 4.90 Å². The molecule has 0 N–H and O–H groups in total. The van der Waals surface area contributed by atoms with E-state index in [1.54, 1.807) is 18.9 Å². The van der Waals surface area contributed by atoms with Gasteiger partial charge in [0.15, 0.2) is 0 Å². The number of carbonyl (C=O) groups excluding carboxylic acids is 1. The minimum atomic E-state index is -0.132. The molecule has 1 aromatic carbocycles. The van der Waals surface area contributed by atoms with Crippen LogP contribution in [0.5, 0.6) is 0 Å². The van der Waals surface area contributed by atoms with Gasteiger partial charge in [0.05, 0.1) is 0 Å². The SMILES string of the molecule is CC#CC(=O)N(C)Cc1ccc(N2CCCCC2)cc1. The number of amides is 1. The van der Waals surface area contributed by atoms with Gasteiger partial charge < -0.3 is 9.80 Å². The van der Waals surface area contributed by atoms with Crippen molar-refractivity contribution in [1.82, 2.24) is 4.90 Å². The molecule has 1 amide bonds. The smallest absolute Gasteiger partial charge is 0.298 e. The normalized spacial score (nSPS) is 14.4. The molecule has 1 aliphatic rings. The Morgan fingerprint density at radius 3 is 2.45 bits per heavy atom. The predicted molar refractivity (Wildman–Crippen MR) is 82.4 cm³/mol. The average Bonchev–Trinajstić information content (AvgIpc) is 2.49. The van der Waals surface area contributed by atoms with E-state index in [0.717, 1.165) is 18.7 Å². The number of rotatable bonds is 3. The van der Waals surface area contributed by atoms with E-state index in [0.29, 0.717) is 6.54 Å². The zero-order valence-corrected chi connectivity index (χ0v) is 12.4. The summed E-state index contributed by atoms with van der Waals surface area (Å²) in [7, 11) is 1.78. The van der Waals surface area contributed by atoms with Crippen LogP contribution in [0.3, 0.4) is 0 Å². The van der Waals surface area contributed by atoms with Gasteiger partial charge in [-0.1, -0.05) is 18.1 Å². The van der Waals surface area contributed by atoms with Gasteiger partial charge in [-0.05, 0) is 49.8 Å². The Morgan fingerprint density at radius 1 is 1.20 bits per heavy atom. The van der Waals surface area contributed by atoms with Crippen LogP contribution in [0.1, 0.15) is 31.7 Å². The fraction of sp³-hybridized carbons (Fsp3) is 0.471. The van der Waals surface area contributed by atoms with E-state index in [1.165, 1.54) is 24.9 Å². The van der Waals surface area contributed by atoms with Gasteiger partial charge in [0.2, 0.25) is 0 Å². The van der Waals surface area contributed by atoms with Crippen LogP contribution in [0.4, 0.5) is 5.69 Å². The Labute approximate surface area is 121 Å². The first-order valence-corrected chi connectivity index (χ1v) is 7.22. The molecule has 0 atom stereocenters. The third-order valence-electron chi connectivity index (χ3n) is 3.66. The highest BCUT2D eigenvalue weighted by atomic mass is 16.2. The number of nitrogens with zero attached hydrogens (tertiary/aromatic N) is 2. The van der Waals surface area contributed by atoms with Crippen LogP contribution in [0.25, 0.3) is 0 Å². The van der Waals surface area contributed by atoms with E-state index in [4.69, 9.17) is 0 Å². The molecule has 0 radical (unpaired) electrons. The Morgan fingerprint density at radius 2 is 1.85 bits per heavy atom. The standard InChI is InChI=1S/C17H22N2O/c1-3-7-17(20)18(2)14-15-8-10-16(11-9-15)19-12-5-4-6-13-19/h8-11H,4-6,12-14H2,1-2H3. The number of benzene rings is 1. The summed E-state index contributed by atoms with van der Waals surface area (Å²) >= 11 is 0. The number of anilines is 1. The largest absolute Gasteiger partial charge is 0.372 e. The maximum atomic E-state index is 11.6. The van der Waals surface area contributed by atoms with Crippen LogP contribution >= 0.6 is 0 Å². The lowest BCUT2D eigenvalue weighted by Crippen LogP contribution is -2.29. The first kappa shape index (κ1) is 14.5. The molecule has 20 heavy (non-hydrogen) atoms. The fourth-order valence-corrected chi connectivity index (χ4v) is 2.51. The molecule has 1 heterocycles. The third kappa shape index (κ3) is 3.77. The number of hydrogen-bond acceptors (Lipinski definition) is 2. The molecular weight excluding hydrogens is 248 g/mol. The second kappa shape index (κ2) is 7.00. The summed E-state index contributed by atoms with van der Waals surface area (Å²) in [5, 5.41) is 0. The lowest BCUT2D eigenvalue weighted by molar-refractivity contribution is -0.124. The van der Waals surface area contributed by atoms with Gasteiger partial charge in [-0.2, -0.15) is 0 Å². The van der Waals surface area contributed by atoms with Crippen molar-refractivity contribution in [3.05, 3.63) is 29.8 Å². The molecule has 1 aliphatic heterocycles. The topological polar surface area (TPSA) is 23.6 Å². The van der Waals surface area contributed by atoms with Gasteiger partial charge in [-0.15, -0.1) is 0 Å². The second-order valence-corrected chi connectivity index (χ2v) is 5.25. The Hall–Kier alpha value is -1.95. The van der Waals surface area contributed by atoms with Gasteiger partial charge >= 0.3 is 0 Å². The molecule has 1 aromatic rings. The Balaban J connectivity index is 1.96. The summed E-state index contributed by atoms with van der Waals surface area (Å²) in [6.45, 7) is 4.60. The van der Waals surface area contributed by atoms with E-state index in [2.05, 4.69) is 41.0 Å². The van der Waals surface area contributed by atoms with Crippen molar-refractivity contribution >= 4 is 11.6 Å². The zero-order chi connectivity index (χ0) is 14.4. The predicted octanol–water partition coefficient (Wildman–Crippen LogP) is 2.66. The number of carbonyl (C=O) groups is 1. The van der Waals surface area contributed by atoms with Crippen LogP contribution in [-0.2, 0) is 11.3 Å². The minimum absolute atomic E-state index is 0.132. The molecule has 0 unspecified atom stereocenters. The van der Waals surface area contributed by atoms with Crippen molar-refractivity contribution in [1.29, 1.82) is 0 Å².